The minimum atomic E-state index is -0.136. The molecule has 2 N–H and O–H groups in total. The van der Waals surface area contributed by atoms with Gasteiger partial charge in [0.05, 0.1) is 30.9 Å². The van der Waals surface area contributed by atoms with Crippen LogP contribution >= 0.6 is 11.8 Å². The number of imidazole rings is 1. The van der Waals surface area contributed by atoms with Crippen LogP contribution in [0.2, 0.25) is 0 Å². The lowest BCUT2D eigenvalue weighted by Gasteiger charge is -2.07. The summed E-state index contributed by atoms with van der Waals surface area (Å²) in [4.78, 5) is 19.6. The number of thioether (sulfide) groups is 1. The Balaban J connectivity index is 1.50. The maximum absolute atomic E-state index is 12.3. The summed E-state index contributed by atoms with van der Waals surface area (Å²) >= 11 is 1.73. The Morgan fingerprint density at radius 1 is 1.38 bits per heavy atom. The van der Waals surface area contributed by atoms with Crippen molar-refractivity contribution < 1.29 is 9.53 Å². The number of hydrogen-bond acceptors (Lipinski definition) is 5. The van der Waals surface area contributed by atoms with Gasteiger partial charge in [-0.25, -0.2) is 9.67 Å². The first-order valence-electron chi connectivity index (χ1n) is 8.22. The van der Waals surface area contributed by atoms with Gasteiger partial charge in [0.25, 0.3) is 5.91 Å². The third-order valence-electron chi connectivity index (χ3n) is 3.88. The van der Waals surface area contributed by atoms with Crippen LogP contribution in [0.15, 0.2) is 43.0 Å². The van der Waals surface area contributed by atoms with Gasteiger partial charge in [-0.3, -0.25) is 4.79 Å². The number of carbonyl (C=O) groups is 1. The molecule has 136 valence electrons. The van der Waals surface area contributed by atoms with E-state index in [2.05, 4.69) is 20.4 Å². The number of aromatic nitrogens is 4. The number of benzene rings is 1. The molecule has 2 heterocycles. The molecule has 26 heavy (non-hydrogen) atoms. The molecule has 0 unspecified atom stereocenters. The highest BCUT2D eigenvalue weighted by Gasteiger charge is 2.11. The van der Waals surface area contributed by atoms with Crippen molar-refractivity contribution >= 4 is 17.7 Å². The van der Waals surface area contributed by atoms with Crippen LogP contribution in [0, 0.1) is 6.92 Å². The van der Waals surface area contributed by atoms with Crippen LogP contribution in [0.1, 0.15) is 21.7 Å². The first kappa shape index (κ1) is 18.1. The van der Waals surface area contributed by atoms with Crippen molar-refractivity contribution in [1.29, 1.82) is 0 Å². The molecule has 3 aromatic rings. The number of para-hydroxylation sites is 2. The van der Waals surface area contributed by atoms with Gasteiger partial charge in [0, 0.05) is 29.9 Å². The normalized spacial score (nSPS) is 10.7. The molecule has 8 heteroatoms. The molecule has 2 aromatic heterocycles. The molecule has 0 aliphatic rings. The Kier molecular flexibility index (Phi) is 5.96. The maximum atomic E-state index is 12.3. The number of H-pyrrole nitrogens is 1. The van der Waals surface area contributed by atoms with Gasteiger partial charge in [0.2, 0.25) is 0 Å². The number of nitrogens with zero attached hydrogens (tertiary/aromatic N) is 3. The zero-order chi connectivity index (χ0) is 18.4. The number of hydrogen-bond donors (Lipinski definition) is 2. The van der Waals surface area contributed by atoms with Crippen molar-refractivity contribution in [2.45, 2.75) is 12.7 Å². The Hall–Kier alpha value is -2.74. The summed E-state index contributed by atoms with van der Waals surface area (Å²) in [5, 5.41) is 7.18. The average molecular weight is 371 g/mol. The van der Waals surface area contributed by atoms with E-state index in [1.165, 1.54) is 0 Å². The van der Waals surface area contributed by atoms with E-state index in [0.717, 1.165) is 28.6 Å². The van der Waals surface area contributed by atoms with E-state index in [1.54, 1.807) is 42.3 Å². The fourth-order valence-electron chi connectivity index (χ4n) is 2.43. The van der Waals surface area contributed by atoms with Crippen LogP contribution in [0.4, 0.5) is 0 Å². The first-order chi connectivity index (χ1) is 12.7. The molecule has 0 spiro atoms. The molecule has 0 bridgehead atoms. The smallest absolute Gasteiger partial charge is 0.254 e. The number of aromatic amines is 1. The highest BCUT2D eigenvalue weighted by atomic mass is 32.2. The molecule has 0 atom stereocenters. The van der Waals surface area contributed by atoms with Crippen LogP contribution in [-0.2, 0) is 5.75 Å². The van der Waals surface area contributed by atoms with E-state index >= 15 is 0 Å². The summed E-state index contributed by atoms with van der Waals surface area (Å²) in [6.07, 6.45) is 4.96. The molecule has 0 aliphatic heterocycles. The summed E-state index contributed by atoms with van der Waals surface area (Å²) < 4.78 is 6.97. The molecule has 0 radical (unpaired) electrons. The third kappa shape index (κ3) is 4.26. The SMILES string of the molecule is COc1ccccc1-n1cc(C(=O)NCCSCc2nc[nH]c2C)cn1. The summed E-state index contributed by atoms with van der Waals surface area (Å²) in [5.41, 5.74) is 3.45. The highest BCUT2D eigenvalue weighted by Crippen LogP contribution is 2.21. The Labute approximate surface area is 156 Å². The predicted molar refractivity (Wildman–Crippen MR) is 102 cm³/mol. The van der Waals surface area contributed by atoms with Crippen LogP contribution < -0.4 is 10.1 Å². The van der Waals surface area contributed by atoms with Crippen molar-refractivity contribution in [3.8, 4) is 11.4 Å². The Bertz CT molecular complexity index is 874. The number of rotatable bonds is 8. The second-order valence-corrected chi connectivity index (χ2v) is 6.73. The zero-order valence-corrected chi connectivity index (χ0v) is 15.5. The van der Waals surface area contributed by atoms with E-state index < -0.39 is 0 Å². The lowest BCUT2D eigenvalue weighted by Crippen LogP contribution is -2.25. The van der Waals surface area contributed by atoms with Gasteiger partial charge in [0.1, 0.15) is 11.4 Å². The fraction of sp³-hybridized carbons (Fsp3) is 0.278. The standard InChI is InChI=1S/C18H21N5O2S/c1-13-15(21-12-20-13)11-26-8-7-19-18(24)14-9-22-23(10-14)16-5-3-4-6-17(16)25-2/h3-6,9-10,12H,7-8,11H2,1-2H3,(H,19,24)(H,20,21). The molecule has 0 saturated carbocycles. The van der Waals surface area contributed by atoms with Crippen molar-refractivity contribution in [3.05, 3.63) is 59.9 Å². The van der Waals surface area contributed by atoms with Crippen LogP contribution in [0.25, 0.3) is 5.69 Å². The third-order valence-corrected chi connectivity index (χ3v) is 4.85. The molecule has 0 aliphatic carbocycles. The van der Waals surface area contributed by atoms with Crippen molar-refractivity contribution in [2.24, 2.45) is 0 Å². The number of nitrogens with one attached hydrogen (secondary N) is 2. The predicted octanol–water partition coefficient (Wildman–Crippen LogP) is 2.58. The van der Waals surface area contributed by atoms with E-state index in [9.17, 15) is 4.79 Å². The van der Waals surface area contributed by atoms with Crippen LogP contribution in [0.5, 0.6) is 5.75 Å². The first-order valence-corrected chi connectivity index (χ1v) is 9.37. The van der Waals surface area contributed by atoms with Crippen LogP contribution in [-0.4, -0.2) is 45.1 Å². The molecular weight excluding hydrogens is 350 g/mol. The van der Waals surface area contributed by atoms with Gasteiger partial charge >= 0.3 is 0 Å². The largest absolute Gasteiger partial charge is 0.494 e. The van der Waals surface area contributed by atoms with Gasteiger partial charge in [-0.2, -0.15) is 16.9 Å². The quantitative estimate of drug-likeness (QED) is 0.595. The second-order valence-electron chi connectivity index (χ2n) is 5.63. The summed E-state index contributed by atoms with van der Waals surface area (Å²) in [5.74, 6) is 2.21. The molecule has 7 nitrogen and oxygen atoms in total. The van der Waals surface area contributed by atoms with E-state index in [1.807, 2.05) is 31.2 Å². The van der Waals surface area contributed by atoms with Gasteiger partial charge in [0.15, 0.2) is 0 Å². The van der Waals surface area contributed by atoms with E-state index in [-0.39, 0.29) is 5.91 Å². The molecule has 3 rings (SSSR count). The van der Waals surface area contributed by atoms with Gasteiger partial charge in [-0.05, 0) is 19.1 Å². The van der Waals surface area contributed by atoms with Crippen LogP contribution in [0.3, 0.4) is 0 Å². The summed E-state index contributed by atoms with van der Waals surface area (Å²) in [6, 6.07) is 7.54. The number of ether oxygens (including phenoxy) is 1. The van der Waals surface area contributed by atoms with Crippen molar-refractivity contribution in [2.75, 3.05) is 19.4 Å². The Morgan fingerprint density at radius 2 is 2.23 bits per heavy atom. The molecular formula is C18H21N5O2S. The number of carbonyl (C=O) groups excluding carboxylic acids is 1. The lowest BCUT2D eigenvalue weighted by atomic mass is 10.3. The average Bonchev–Trinajstić information content (AvgIpc) is 3.31. The van der Waals surface area contributed by atoms with E-state index in [4.69, 9.17) is 4.74 Å². The van der Waals surface area contributed by atoms with Gasteiger partial charge < -0.3 is 15.0 Å². The summed E-state index contributed by atoms with van der Waals surface area (Å²) in [6.45, 7) is 2.59. The highest BCUT2D eigenvalue weighted by molar-refractivity contribution is 7.98. The Morgan fingerprint density at radius 3 is 3.00 bits per heavy atom. The summed E-state index contributed by atoms with van der Waals surface area (Å²) in [7, 11) is 1.61. The minimum absolute atomic E-state index is 0.136. The number of aryl methyl sites for hydroxylation is 1. The van der Waals surface area contributed by atoms with Crippen molar-refractivity contribution in [3.63, 3.8) is 0 Å². The fourth-order valence-corrected chi connectivity index (χ4v) is 3.31. The second kappa shape index (κ2) is 8.57. The molecule has 1 aromatic carbocycles. The molecule has 0 saturated heterocycles. The topological polar surface area (TPSA) is 84.8 Å². The van der Waals surface area contributed by atoms with Crippen molar-refractivity contribution in [1.82, 2.24) is 25.1 Å². The van der Waals surface area contributed by atoms with Gasteiger partial charge in [-0.1, -0.05) is 12.1 Å². The molecule has 0 fully saturated rings. The minimum Gasteiger partial charge on any atom is -0.494 e. The van der Waals surface area contributed by atoms with E-state index in [0.29, 0.717) is 17.9 Å². The number of amides is 1. The monoisotopic (exact) mass is 371 g/mol. The molecule has 1 amide bonds. The lowest BCUT2D eigenvalue weighted by molar-refractivity contribution is 0.0956. The maximum Gasteiger partial charge on any atom is 0.254 e. The number of methoxy groups -OCH3 is 1. The zero-order valence-electron chi connectivity index (χ0n) is 14.7. The van der Waals surface area contributed by atoms with Gasteiger partial charge in [-0.15, -0.1) is 0 Å².